The lowest BCUT2D eigenvalue weighted by Gasteiger charge is -2.03. The Morgan fingerprint density at radius 1 is 0.938 bits per heavy atom. The van der Waals surface area contributed by atoms with Crippen LogP contribution in [0.2, 0.25) is 0 Å². The molecule has 0 rings (SSSR count). The summed E-state index contributed by atoms with van der Waals surface area (Å²) in [6.07, 6.45) is 9.37. The molecule has 0 atom stereocenters. The van der Waals surface area contributed by atoms with E-state index in [4.69, 9.17) is 9.84 Å². The smallest absolute Gasteiger partial charge is 0.303 e. The molecule has 3 nitrogen and oxygen atoms in total. The predicted molar refractivity (Wildman–Crippen MR) is 65.7 cm³/mol. The number of ether oxygens (including phenoxy) is 1. The van der Waals surface area contributed by atoms with Crippen molar-refractivity contribution in [3.05, 3.63) is 0 Å². The summed E-state index contributed by atoms with van der Waals surface area (Å²) in [5.41, 5.74) is 0. The zero-order chi connectivity index (χ0) is 12.1. The van der Waals surface area contributed by atoms with E-state index in [0.717, 1.165) is 38.9 Å². The van der Waals surface area contributed by atoms with Gasteiger partial charge in [0.25, 0.3) is 0 Å². The molecule has 1 N–H and O–H groups in total. The van der Waals surface area contributed by atoms with Crippen LogP contribution >= 0.6 is 0 Å². The van der Waals surface area contributed by atoms with Crippen LogP contribution in [0.4, 0.5) is 0 Å². The Balaban J connectivity index is 2.90. The van der Waals surface area contributed by atoms with E-state index < -0.39 is 5.97 Å². The van der Waals surface area contributed by atoms with Crippen molar-refractivity contribution in [3.63, 3.8) is 0 Å². The molecular formula is C13H26O3. The van der Waals surface area contributed by atoms with E-state index >= 15 is 0 Å². The summed E-state index contributed by atoms with van der Waals surface area (Å²) in [5, 5.41) is 8.43. The average Bonchev–Trinajstić information content (AvgIpc) is 2.25. The summed E-state index contributed by atoms with van der Waals surface area (Å²) in [7, 11) is 0. The van der Waals surface area contributed by atoms with Gasteiger partial charge in [0.05, 0.1) is 0 Å². The number of hydrogen-bond donors (Lipinski definition) is 1. The average molecular weight is 230 g/mol. The summed E-state index contributed by atoms with van der Waals surface area (Å²) in [6.45, 7) is 3.86. The van der Waals surface area contributed by atoms with E-state index in [1.54, 1.807) is 0 Å². The van der Waals surface area contributed by atoms with Gasteiger partial charge in [-0.3, -0.25) is 4.79 Å². The number of carboxylic acid groups (broad SMARTS) is 1. The summed E-state index contributed by atoms with van der Waals surface area (Å²) in [5.74, 6) is -0.697. The fourth-order valence-electron chi connectivity index (χ4n) is 1.57. The van der Waals surface area contributed by atoms with Crippen molar-refractivity contribution >= 4 is 5.97 Å². The second kappa shape index (κ2) is 12.5. The summed E-state index contributed by atoms with van der Waals surface area (Å²) < 4.78 is 5.47. The highest BCUT2D eigenvalue weighted by molar-refractivity contribution is 5.66. The van der Waals surface area contributed by atoms with Gasteiger partial charge in [-0.15, -0.1) is 0 Å². The highest BCUT2D eigenvalue weighted by Gasteiger charge is 1.96. The van der Waals surface area contributed by atoms with Gasteiger partial charge in [-0.05, 0) is 19.3 Å². The number of carboxylic acids is 1. The zero-order valence-corrected chi connectivity index (χ0v) is 10.5. The van der Waals surface area contributed by atoms with Gasteiger partial charge in [0.15, 0.2) is 0 Å². The van der Waals surface area contributed by atoms with E-state index in [2.05, 4.69) is 6.92 Å². The lowest BCUT2D eigenvalue weighted by Crippen LogP contribution is -1.98. The molecule has 0 heterocycles. The van der Waals surface area contributed by atoms with Gasteiger partial charge < -0.3 is 9.84 Å². The topological polar surface area (TPSA) is 46.5 Å². The second-order valence-corrected chi connectivity index (χ2v) is 4.23. The molecular weight excluding hydrogens is 204 g/mol. The molecule has 0 saturated carbocycles. The molecule has 0 amide bonds. The molecule has 0 saturated heterocycles. The van der Waals surface area contributed by atoms with Gasteiger partial charge >= 0.3 is 5.97 Å². The molecule has 16 heavy (non-hydrogen) atoms. The Morgan fingerprint density at radius 2 is 1.50 bits per heavy atom. The van der Waals surface area contributed by atoms with E-state index in [-0.39, 0.29) is 6.42 Å². The molecule has 0 spiro atoms. The van der Waals surface area contributed by atoms with Crippen LogP contribution < -0.4 is 0 Å². The van der Waals surface area contributed by atoms with Crippen molar-refractivity contribution in [3.8, 4) is 0 Å². The SMILES string of the molecule is CCCCCCCOCCCCCC(=O)O. The fraction of sp³-hybridized carbons (Fsp3) is 0.923. The summed E-state index contributed by atoms with van der Waals surface area (Å²) in [6, 6.07) is 0. The van der Waals surface area contributed by atoms with Crippen LogP contribution in [0.3, 0.4) is 0 Å². The number of carbonyl (C=O) groups is 1. The van der Waals surface area contributed by atoms with Gasteiger partial charge in [-0.2, -0.15) is 0 Å². The zero-order valence-electron chi connectivity index (χ0n) is 10.5. The van der Waals surface area contributed by atoms with Crippen molar-refractivity contribution in [1.82, 2.24) is 0 Å². The summed E-state index contributed by atoms with van der Waals surface area (Å²) >= 11 is 0. The minimum absolute atomic E-state index is 0.289. The van der Waals surface area contributed by atoms with Crippen molar-refractivity contribution in [1.29, 1.82) is 0 Å². The van der Waals surface area contributed by atoms with E-state index in [0.29, 0.717) is 0 Å². The van der Waals surface area contributed by atoms with Crippen LogP contribution in [0.25, 0.3) is 0 Å². The second-order valence-electron chi connectivity index (χ2n) is 4.23. The Kier molecular flexibility index (Phi) is 12.1. The third-order valence-electron chi connectivity index (χ3n) is 2.57. The van der Waals surface area contributed by atoms with Crippen molar-refractivity contribution in [2.75, 3.05) is 13.2 Å². The Bertz CT molecular complexity index is 157. The molecule has 96 valence electrons. The van der Waals surface area contributed by atoms with E-state index in [1.165, 1.54) is 25.7 Å². The number of aliphatic carboxylic acids is 1. The molecule has 0 bridgehead atoms. The van der Waals surface area contributed by atoms with Gasteiger partial charge in [0.1, 0.15) is 0 Å². The normalized spacial score (nSPS) is 10.6. The standard InChI is InChI=1S/C13H26O3/c1-2-3-4-5-8-11-16-12-9-6-7-10-13(14)15/h2-12H2,1H3,(H,14,15). The lowest BCUT2D eigenvalue weighted by atomic mass is 10.2. The molecule has 3 heteroatoms. The molecule has 0 aromatic rings. The van der Waals surface area contributed by atoms with Crippen molar-refractivity contribution in [2.45, 2.75) is 64.7 Å². The minimum atomic E-state index is -0.697. The molecule has 0 unspecified atom stereocenters. The first kappa shape index (κ1) is 15.4. The maximum Gasteiger partial charge on any atom is 0.303 e. The minimum Gasteiger partial charge on any atom is -0.481 e. The monoisotopic (exact) mass is 230 g/mol. The largest absolute Gasteiger partial charge is 0.481 e. The van der Waals surface area contributed by atoms with Crippen LogP contribution in [-0.4, -0.2) is 24.3 Å². The molecule has 0 radical (unpaired) electrons. The molecule has 0 aliphatic rings. The van der Waals surface area contributed by atoms with Crippen molar-refractivity contribution < 1.29 is 14.6 Å². The molecule has 0 aliphatic heterocycles. The van der Waals surface area contributed by atoms with Gasteiger partial charge in [-0.25, -0.2) is 0 Å². The van der Waals surface area contributed by atoms with Crippen LogP contribution in [0.5, 0.6) is 0 Å². The molecule has 0 aromatic heterocycles. The number of unbranched alkanes of at least 4 members (excludes halogenated alkanes) is 6. The maximum absolute atomic E-state index is 10.2. The summed E-state index contributed by atoms with van der Waals surface area (Å²) in [4.78, 5) is 10.2. The van der Waals surface area contributed by atoms with Crippen LogP contribution in [0.1, 0.15) is 64.7 Å². The van der Waals surface area contributed by atoms with Crippen molar-refractivity contribution in [2.24, 2.45) is 0 Å². The van der Waals surface area contributed by atoms with Gasteiger partial charge in [0, 0.05) is 19.6 Å². The Morgan fingerprint density at radius 3 is 2.06 bits per heavy atom. The highest BCUT2D eigenvalue weighted by atomic mass is 16.5. The quantitative estimate of drug-likeness (QED) is 0.521. The van der Waals surface area contributed by atoms with Crippen LogP contribution in [0, 0.1) is 0 Å². The van der Waals surface area contributed by atoms with E-state index in [1.807, 2.05) is 0 Å². The highest BCUT2D eigenvalue weighted by Crippen LogP contribution is 2.03. The fourth-order valence-corrected chi connectivity index (χ4v) is 1.57. The number of rotatable bonds is 12. The van der Waals surface area contributed by atoms with Crippen LogP contribution in [-0.2, 0) is 9.53 Å². The van der Waals surface area contributed by atoms with E-state index in [9.17, 15) is 4.79 Å². The first-order valence-corrected chi connectivity index (χ1v) is 6.57. The third kappa shape index (κ3) is 13.4. The predicted octanol–water partition coefficient (Wildman–Crippen LogP) is 3.62. The lowest BCUT2D eigenvalue weighted by molar-refractivity contribution is -0.137. The Labute approximate surface area is 99.2 Å². The first-order chi connectivity index (χ1) is 7.77. The van der Waals surface area contributed by atoms with Gasteiger partial charge in [-0.1, -0.05) is 39.0 Å². The van der Waals surface area contributed by atoms with Crippen LogP contribution in [0.15, 0.2) is 0 Å². The Hall–Kier alpha value is -0.570. The first-order valence-electron chi connectivity index (χ1n) is 6.57. The molecule has 0 fully saturated rings. The maximum atomic E-state index is 10.2. The third-order valence-corrected chi connectivity index (χ3v) is 2.57. The molecule has 0 aliphatic carbocycles. The molecule has 0 aromatic carbocycles. The van der Waals surface area contributed by atoms with Gasteiger partial charge in [0.2, 0.25) is 0 Å². The number of hydrogen-bond acceptors (Lipinski definition) is 2.